The van der Waals surface area contributed by atoms with Gasteiger partial charge >= 0.3 is 6.36 Å². The van der Waals surface area contributed by atoms with E-state index in [4.69, 9.17) is 4.74 Å². The van der Waals surface area contributed by atoms with Crippen LogP contribution in [0.5, 0.6) is 5.75 Å². The molecule has 1 aromatic carbocycles. The minimum Gasteiger partial charge on any atom is -0.405 e. The van der Waals surface area contributed by atoms with Crippen molar-refractivity contribution in [2.45, 2.75) is 57.1 Å². The minimum absolute atomic E-state index is 0. The molecule has 5 nitrogen and oxygen atoms in total. The minimum atomic E-state index is -4.76. The number of hydrogen-bond donors (Lipinski definition) is 1. The molecule has 1 aliphatic carbocycles. The van der Waals surface area contributed by atoms with Crippen LogP contribution < -0.4 is 10.1 Å². The second-order valence-electron chi connectivity index (χ2n) is 7.05. The van der Waals surface area contributed by atoms with Gasteiger partial charge in [0.05, 0.1) is 13.2 Å². The molecule has 1 saturated carbocycles. The predicted octanol–water partition coefficient (Wildman–Crippen LogP) is 3.66. The Morgan fingerprint density at radius 3 is 2.61 bits per heavy atom. The third-order valence-corrected chi connectivity index (χ3v) is 5.04. The molecule has 0 bridgehead atoms. The molecular formula is C19H26ClF3N2O3. The summed E-state index contributed by atoms with van der Waals surface area (Å²) in [5.74, 6) is -0.313. The van der Waals surface area contributed by atoms with Crippen molar-refractivity contribution in [3.05, 3.63) is 29.8 Å². The lowest BCUT2D eigenvalue weighted by atomic mass is 10.1. The molecule has 2 aliphatic rings. The van der Waals surface area contributed by atoms with E-state index in [9.17, 15) is 18.0 Å². The van der Waals surface area contributed by atoms with Crippen LogP contribution in [0, 0.1) is 0 Å². The first-order valence-corrected chi connectivity index (χ1v) is 9.36. The van der Waals surface area contributed by atoms with Crippen LogP contribution in [0.15, 0.2) is 24.3 Å². The van der Waals surface area contributed by atoms with Crippen molar-refractivity contribution >= 4 is 18.3 Å². The van der Waals surface area contributed by atoms with Gasteiger partial charge < -0.3 is 19.7 Å². The number of para-hydroxylation sites is 1. The van der Waals surface area contributed by atoms with Crippen LogP contribution in [-0.4, -0.2) is 49.0 Å². The van der Waals surface area contributed by atoms with Gasteiger partial charge in [-0.25, -0.2) is 0 Å². The second-order valence-corrected chi connectivity index (χ2v) is 7.05. The number of hydrogen-bond acceptors (Lipinski definition) is 4. The fourth-order valence-corrected chi connectivity index (χ4v) is 3.76. The molecule has 1 unspecified atom stereocenters. The Labute approximate surface area is 169 Å². The lowest BCUT2D eigenvalue weighted by Crippen LogP contribution is -2.46. The monoisotopic (exact) mass is 422 g/mol. The van der Waals surface area contributed by atoms with Gasteiger partial charge in [0.2, 0.25) is 5.91 Å². The Hall–Kier alpha value is -1.51. The number of alkyl halides is 3. The van der Waals surface area contributed by atoms with Gasteiger partial charge in [-0.1, -0.05) is 31.0 Å². The van der Waals surface area contributed by atoms with Crippen molar-refractivity contribution in [1.82, 2.24) is 10.2 Å². The Morgan fingerprint density at radius 1 is 1.25 bits per heavy atom. The average Bonchev–Trinajstić information content (AvgIpc) is 3.14. The fourth-order valence-electron chi connectivity index (χ4n) is 3.76. The first kappa shape index (κ1) is 22.8. The molecule has 9 heteroatoms. The van der Waals surface area contributed by atoms with Crippen LogP contribution in [0.3, 0.4) is 0 Å². The number of nitrogens with zero attached hydrogens (tertiary/aromatic N) is 1. The number of carbonyl (C=O) groups is 1. The molecule has 1 aliphatic heterocycles. The summed E-state index contributed by atoms with van der Waals surface area (Å²) < 4.78 is 47.7. The van der Waals surface area contributed by atoms with Gasteiger partial charge in [-0.05, 0) is 18.9 Å². The van der Waals surface area contributed by atoms with Crippen LogP contribution in [-0.2, 0) is 16.1 Å². The van der Waals surface area contributed by atoms with Crippen molar-refractivity contribution in [1.29, 1.82) is 0 Å². The first-order valence-electron chi connectivity index (χ1n) is 9.36. The molecule has 1 N–H and O–H groups in total. The second kappa shape index (κ2) is 10.3. The molecule has 0 radical (unpaired) electrons. The number of carbonyl (C=O) groups excluding carboxylic acids is 1. The molecule has 1 amide bonds. The van der Waals surface area contributed by atoms with E-state index >= 15 is 0 Å². The number of halogens is 4. The van der Waals surface area contributed by atoms with E-state index < -0.39 is 6.36 Å². The van der Waals surface area contributed by atoms with E-state index in [-0.39, 0.29) is 49.1 Å². The predicted molar refractivity (Wildman–Crippen MR) is 100 cm³/mol. The molecule has 2 fully saturated rings. The van der Waals surface area contributed by atoms with Crippen molar-refractivity contribution in [2.24, 2.45) is 0 Å². The van der Waals surface area contributed by atoms with E-state index in [1.807, 2.05) is 0 Å². The van der Waals surface area contributed by atoms with Crippen molar-refractivity contribution in [3.8, 4) is 5.75 Å². The summed E-state index contributed by atoms with van der Waals surface area (Å²) in [4.78, 5) is 14.7. The summed E-state index contributed by atoms with van der Waals surface area (Å²) >= 11 is 0. The quantitative estimate of drug-likeness (QED) is 0.760. The van der Waals surface area contributed by atoms with Crippen LogP contribution in [0.25, 0.3) is 0 Å². The summed E-state index contributed by atoms with van der Waals surface area (Å²) in [6.07, 6.45) is -0.675. The molecule has 0 aromatic heterocycles. The number of morpholine rings is 1. The molecule has 1 saturated heterocycles. The Balaban J connectivity index is 0.00000280. The topological polar surface area (TPSA) is 50.8 Å². The van der Waals surface area contributed by atoms with Gasteiger partial charge in [-0.15, -0.1) is 25.6 Å². The summed E-state index contributed by atoms with van der Waals surface area (Å²) in [5, 5.41) is 3.26. The maximum atomic E-state index is 13.0. The molecular weight excluding hydrogens is 397 g/mol. The number of ether oxygens (including phenoxy) is 2. The summed E-state index contributed by atoms with van der Waals surface area (Å²) in [6, 6.07) is 6.02. The van der Waals surface area contributed by atoms with E-state index in [2.05, 4.69) is 10.1 Å². The highest BCUT2D eigenvalue weighted by atomic mass is 35.5. The van der Waals surface area contributed by atoms with Gasteiger partial charge in [0.1, 0.15) is 5.75 Å². The van der Waals surface area contributed by atoms with Gasteiger partial charge in [-0.2, -0.15) is 0 Å². The molecule has 3 rings (SSSR count). The van der Waals surface area contributed by atoms with Gasteiger partial charge in [0.25, 0.3) is 0 Å². The normalized spacial score (nSPS) is 20.5. The van der Waals surface area contributed by atoms with Crippen LogP contribution >= 0.6 is 12.4 Å². The SMILES string of the molecule is Cl.O=C(CC1COCCN1)N(Cc1ccccc1OC(F)(F)F)C1CCCC1. The highest BCUT2D eigenvalue weighted by Crippen LogP contribution is 2.31. The molecule has 1 atom stereocenters. The molecule has 1 aromatic rings. The summed E-state index contributed by atoms with van der Waals surface area (Å²) in [6.45, 7) is 1.91. The van der Waals surface area contributed by atoms with Crippen LogP contribution in [0.4, 0.5) is 13.2 Å². The first-order chi connectivity index (χ1) is 12.9. The molecule has 0 spiro atoms. The van der Waals surface area contributed by atoms with Gasteiger partial charge in [-0.3, -0.25) is 4.79 Å². The average molecular weight is 423 g/mol. The maximum Gasteiger partial charge on any atom is 0.573 e. The molecule has 158 valence electrons. The Morgan fingerprint density at radius 2 is 1.96 bits per heavy atom. The van der Waals surface area contributed by atoms with Gasteiger partial charge in [0, 0.05) is 37.2 Å². The molecule has 1 heterocycles. The molecule has 28 heavy (non-hydrogen) atoms. The van der Waals surface area contributed by atoms with E-state index in [0.717, 1.165) is 25.7 Å². The standard InChI is InChI=1S/C19H25F3N2O3.ClH/c20-19(21,22)27-17-8-4-1-5-14(17)12-24(16-6-2-3-7-16)18(25)11-15-13-26-10-9-23-15;/h1,4-5,8,15-16,23H,2-3,6-7,9-13H2;1H. The highest BCUT2D eigenvalue weighted by molar-refractivity contribution is 5.85. The Bertz CT molecular complexity index is 633. The maximum absolute atomic E-state index is 13.0. The zero-order chi connectivity index (χ0) is 19.3. The van der Waals surface area contributed by atoms with Gasteiger partial charge in [0.15, 0.2) is 0 Å². The Kier molecular flexibility index (Phi) is 8.39. The van der Waals surface area contributed by atoms with E-state index in [0.29, 0.717) is 25.3 Å². The zero-order valence-corrected chi connectivity index (χ0v) is 16.4. The van der Waals surface area contributed by atoms with E-state index in [1.165, 1.54) is 12.1 Å². The highest BCUT2D eigenvalue weighted by Gasteiger charge is 2.33. The largest absolute Gasteiger partial charge is 0.573 e. The van der Waals surface area contributed by atoms with Crippen molar-refractivity contribution < 1.29 is 27.4 Å². The van der Waals surface area contributed by atoms with E-state index in [1.54, 1.807) is 17.0 Å². The lowest BCUT2D eigenvalue weighted by molar-refractivity contribution is -0.275. The third kappa shape index (κ3) is 6.53. The lowest BCUT2D eigenvalue weighted by Gasteiger charge is -2.32. The van der Waals surface area contributed by atoms with Crippen LogP contribution in [0.1, 0.15) is 37.7 Å². The fraction of sp³-hybridized carbons (Fsp3) is 0.632. The summed E-state index contributed by atoms with van der Waals surface area (Å²) in [7, 11) is 0. The third-order valence-electron chi connectivity index (χ3n) is 5.04. The number of nitrogens with one attached hydrogen (secondary N) is 1. The number of rotatable bonds is 6. The van der Waals surface area contributed by atoms with Crippen molar-refractivity contribution in [2.75, 3.05) is 19.8 Å². The number of benzene rings is 1. The van der Waals surface area contributed by atoms with Crippen molar-refractivity contribution in [3.63, 3.8) is 0 Å². The summed E-state index contributed by atoms with van der Waals surface area (Å²) in [5.41, 5.74) is 0.364. The van der Waals surface area contributed by atoms with Crippen LogP contribution in [0.2, 0.25) is 0 Å². The zero-order valence-electron chi connectivity index (χ0n) is 15.5. The smallest absolute Gasteiger partial charge is 0.405 e. The number of amides is 1.